The fourth-order valence-corrected chi connectivity index (χ4v) is 8.30. The van der Waals surface area contributed by atoms with Gasteiger partial charge >= 0.3 is 0 Å². The molecule has 2 aliphatic carbocycles. The van der Waals surface area contributed by atoms with Crippen LogP contribution in [0.3, 0.4) is 0 Å². The van der Waals surface area contributed by atoms with Crippen molar-refractivity contribution in [2.45, 2.75) is 30.4 Å². The maximum absolute atomic E-state index is 13.8. The van der Waals surface area contributed by atoms with E-state index in [0.717, 1.165) is 16.7 Å². The van der Waals surface area contributed by atoms with Crippen LogP contribution < -0.4 is 21.3 Å². The summed E-state index contributed by atoms with van der Waals surface area (Å²) in [6.07, 6.45) is -1.59. The highest BCUT2D eigenvalue weighted by atomic mass is 16.5. The molecule has 56 heavy (non-hydrogen) atoms. The quantitative estimate of drug-likeness (QED) is 0.158. The lowest BCUT2D eigenvalue weighted by molar-refractivity contribution is 0.0685. The third-order valence-electron chi connectivity index (χ3n) is 11.4. The Kier molecular flexibility index (Phi) is 10.4. The van der Waals surface area contributed by atoms with Crippen LogP contribution in [0.4, 0.5) is 0 Å². The lowest BCUT2D eigenvalue weighted by atomic mass is 9.97. The number of pyridine rings is 2. The summed E-state index contributed by atoms with van der Waals surface area (Å²) in [7, 11) is 6.15. The molecule has 9 atom stereocenters. The van der Waals surface area contributed by atoms with E-state index in [1.165, 1.54) is 26.2 Å². The minimum atomic E-state index is -0.700. The topological polar surface area (TPSA) is 179 Å². The second kappa shape index (κ2) is 15.5. The number of hydrogen-bond donors (Lipinski definition) is 4. The first-order valence-electron chi connectivity index (χ1n) is 18.7. The van der Waals surface area contributed by atoms with E-state index >= 15 is 0 Å². The molecule has 2 saturated heterocycles. The molecule has 0 spiro atoms. The maximum Gasteiger partial charge on any atom is 0.269 e. The second-order valence-corrected chi connectivity index (χ2v) is 14.7. The first-order valence-corrected chi connectivity index (χ1v) is 18.7. The highest BCUT2D eigenvalue weighted by Crippen LogP contribution is 2.55. The number of amides is 4. The summed E-state index contributed by atoms with van der Waals surface area (Å²) in [6.45, 7) is 1.74. The summed E-state index contributed by atoms with van der Waals surface area (Å²) in [6, 6.07) is 23.5. The molecular formula is C42H44N6O8. The number of nitrogens with zero attached hydrogens (tertiary/aromatic N) is 2. The third-order valence-corrected chi connectivity index (χ3v) is 11.4. The third kappa shape index (κ3) is 7.16. The fraction of sp³-hybridized carbons (Fsp3) is 0.381. The van der Waals surface area contributed by atoms with Gasteiger partial charge in [-0.3, -0.25) is 19.2 Å². The summed E-state index contributed by atoms with van der Waals surface area (Å²) in [4.78, 5) is 61.9. The van der Waals surface area contributed by atoms with Crippen LogP contribution >= 0.6 is 0 Å². The van der Waals surface area contributed by atoms with Gasteiger partial charge in [0.05, 0.1) is 37.3 Å². The van der Waals surface area contributed by atoms with Gasteiger partial charge in [0.25, 0.3) is 23.6 Å². The minimum absolute atomic E-state index is 0.0169. The molecule has 290 valence electrons. The number of fused-ring (bicyclic) bond motifs is 2. The van der Waals surface area contributed by atoms with Crippen molar-refractivity contribution >= 4 is 23.6 Å². The monoisotopic (exact) mass is 760 g/mol. The van der Waals surface area contributed by atoms with Crippen LogP contribution in [0, 0.1) is 23.7 Å². The number of carbonyl (C=O) groups excluding carboxylic acids is 4. The Labute approximate surface area is 324 Å². The van der Waals surface area contributed by atoms with Crippen molar-refractivity contribution in [3.8, 4) is 0 Å². The predicted molar refractivity (Wildman–Crippen MR) is 202 cm³/mol. The number of ether oxygens (including phenoxy) is 4. The molecule has 2 aromatic carbocycles. The van der Waals surface area contributed by atoms with Gasteiger partial charge in [0, 0.05) is 75.2 Å². The number of rotatable bonds is 13. The van der Waals surface area contributed by atoms with Crippen molar-refractivity contribution in [3.05, 3.63) is 129 Å². The predicted octanol–water partition coefficient (Wildman–Crippen LogP) is 3.16. The van der Waals surface area contributed by atoms with E-state index in [4.69, 9.17) is 18.9 Å². The van der Waals surface area contributed by atoms with Crippen molar-refractivity contribution in [1.82, 2.24) is 31.2 Å². The van der Waals surface area contributed by atoms with Crippen LogP contribution in [-0.4, -0.2) is 93.8 Å². The Hall–Kier alpha value is -5.54. The van der Waals surface area contributed by atoms with E-state index in [0.29, 0.717) is 54.2 Å². The van der Waals surface area contributed by atoms with Gasteiger partial charge in [-0.15, -0.1) is 0 Å². The maximum atomic E-state index is 13.8. The van der Waals surface area contributed by atoms with Gasteiger partial charge in [-0.25, -0.2) is 9.97 Å². The Morgan fingerprint density at radius 3 is 1.77 bits per heavy atom. The van der Waals surface area contributed by atoms with E-state index < -0.39 is 24.0 Å². The average Bonchev–Trinajstić information content (AvgIpc) is 3.86. The summed E-state index contributed by atoms with van der Waals surface area (Å²) in [5, 5.41) is 11.5. The van der Waals surface area contributed by atoms with Crippen LogP contribution in [0.5, 0.6) is 0 Å². The second-order valence-electron chi connectivity index (χ2n) is 14.7. The number of methoxy groups -OCH3 is 2. The Bertz CT molecular complexity index is 2160. The fourth-order valence-electron chi connectivity index (χ4n) is 8.30. The van der Waals surface area contributed by atoms with Gasteiger partial charge in [0.2, 0.25) is 0 Å². The molecule has 2 unspecified atom stereocenters. The number of carbonyl (C=O) groups is 4. The molecule has 4 heterocycles. The number of benzene rings is 2. The normalized spacial score (nSPS) is 25.2. The Morgan fingerprint density at radius 1 is 0.643 bits per heavy atom. The summed E-state index contributed by atoms with van der Waals surface area (Å²) < 4.78 is 23.5. The highest BCUT2D eigenvalue weighted by molar-refractivity contribution is 6.00. The molecule has 0 bridgehead atoms. The van der Waals surface area contributed by atoms with Crippen molar-refractivity contribution in [3.63, 3.8) is 0 Å². The molecule has 0 radical (unpaired) electrons. The minimum Gasteiger partial charge on any atom is -0.381 e. The lowest BCUT2D eigenvalue weighted by Gasteiger charge is -2.21. The lowest BCUT2D eigenvalue weighted by Crippen LogP contribution is -2.31. The first kappa shape index (κ1) is 37.4. The van der Waals surface area contributed by atoms with E-state index in [9.17, 15) is 19.2 Å². The van der Waals surface area contributed by atoms with Crippen LogP contribution in [0.25, 0.3) is 0 Å². The summed E-state index contributed by atoms with van der Waals surface area (Å²) in [5.74, 6) is -0.677. The summed E-state index contributed by atoms with van der Waals surface area (Å²) in [5.41, 5.74) is 4.18. The van der Waals surface area contributed by atoms with Crippen molar-refractivity contribution in [2.75, 3.05) is 48.1 Å². The molecule has 8 rings (SSSR count). The zero-order chi connectivity index (χ0) is 39.1. The molecular weight excluding hydrogens is 716 g/mol. The van der Waals surface area contributed by atoms with Crippen LogP contribution in [0.1, 0.15) is 88.1 Å². The van der Waals surface area contributed by atoms with E-state index in [1.807, 2.05) is 54.6 Å². The van der Waals surface area contributed by atoms with Crippen LogP contribution in [-0.2, 0) is 18.9 Å². The molecule has 4 aromatic rings. The highest BCUT2D eigenvalue weighted by Gasteiger charge is 2.60. The van der Waals surface area contributed by atoms with Gasteiger partial charge in [-0.05, 0) is 41.0 Å². The smallest absolute Gasteiger partial charge is 0.269 e. The van der Waals surface area contributed by atoms with Gasteiger partial charge < -0.3 is 40.2 Å². The van der Waals surface area contributed by atoms with Crippen molar-refractivity contribution < 1.29 is 38.1 Å². The van der Waals surface area contributed by atoms with Crippen molar-refractivity contribution in [1.29, 1.82) is 0 Å². The Morgan fingerprint density at radius 2 is 1.20 bits per heavy atom. The van der Waals surface area contributed by atoms with Gasteiger partial charge in [0.15, 0.2) is 0 Å². The van der Waals surface area contributed by atoms with E-state index in [2.05, 4.69) is 31.2 Å². The molecule has 4 N–H and O–H groups in total. The van der Waals surface area contributed by atoms with Gasteiger partial charge in [-0.1, -0.05) is 54.6 Å². The summed E-state index contributed by atoms with van der Waals surface area (Å²) >= 11 is 0. The first-order chi connectivity index (χ1) is 27.2. The number of hydrogen-bond acceptors (Lipinski definition) is 10. The zero-order valence-corrected chi connectivity index (χ0v) is 31.5. The molecule has 4 amide bonds. The largest absolute Gasteiger partial charge is 0.381 e. The standard InChI is InChI=1S/C42H44N6O8/c1-43-41(51)31-17-25(14-29(45-31)36(53-3)21-9-6-5-7-10-21)40(50)48-35-28-20-56-38(33(28)35)23-12-8-11-22(13-23)37(54-4)30-15-24(16-32(46-30)42(52)44-2)39(49)47-34-26-18-55-19-27(26)34/h5-17,26-28,33-38H,18-20H2,1-4H3,(H,43,51)(H,44,52)(H,47,49)(H,48,50)/t26-,27+,28-,33+,34?,35+,36-,37+,38?/m0/s1. The van der Waals surface area contributed by atoms with E-state index in [1.54, 1.807) is 26.4 Å². The van der Waals surface area contributed by atoms with Gasteiger partial charge in [0.1, 0.15) is 23.6 Å². The molecule has 2 aromatic heterocycles. The van der Waals surface area contributed by atoms with Crippen LogP contribution in [0.2, 0.25) is 0 Å². The Balaban J connectivity index is 1.00. The number of aromatic nitrogens is 2. The van der Waals surface area contributed by atoms with Crippen molar-refractivity contribution in [2.24, 2.45) is 23.7 Å². The molecule has 14 nitrogen and oxygen atoms in total. The number of nitrogens with one attached hydrogen (secondary N) is 4. The zero-order valence-electron chi connectivity index (χ0n) is 31.5. The molecule has 14 heteroatoms. The molecule has 2 aliphatic heterocycles. The SMILES string of the molecule is CNC(=O)c1cc(C(=O)NC2[C@H]3COC[C@@H]23)cc([C@H](OC)c2cccc(C3OC[C@@H]4[C@@H](NC(=O)c5cc(C(=O)NC)nc([C@@H](OC)c6ccccc6)c5)[C@H]34)c2)n1. The van der Waals surface area contributed by atoms with Crippen LogP contribution in [0.15, 0.2) is 78.9 Å². The molecule has 4 aliphatic rings. The molecule has 4 fully saturated rings. The van der Waals surface area contributed by atoms with E-state index in [-0.39, 0.29) is 53.2 Å². The average molecular weight is 761 g/mol. The van der Waals surface area contributed by atoms with Gasteiger partial charge in [-0.2, -0.15) is 0 Å². The molecule has 2 saturated carbocycles.